The number of alkyl carbamates (subject to hydrolysis) is 1. The smallest absolute Gasteiger partial charge is 0.408 e. The van der Waals surface area contributed by atoms with Gasteiger partial charge in [0.15, 0.2) is 0 Å². The summed E-state index contributed by atoms with van der Waals surface area (Å²) in [6, 6.07) is 4.24. The van der Waals surface area contributed by atoms with Crippen molar-refractivity contribution in [2.75, 3.05) is 0 Å². The topological polar surface area (TPSA) is 108 Å². The molecule has 8 heteroatoms. The molecule has 2 atom stereocenters. The predicted molar refractivity (Wildman–Crippen MR) is 91.3 cm³/mol. The van der Waals surface area contributed by atoms with Gasteiger partial charge in [-0.25, -0.2) is 9.59 Å². The van der Waals surface area contributed by atoms with Crippen molar-refractivity contribution in [1.29, 1.82) is 0 Å². The summed E-state index contributed by atoms with van der Waals surface area (Å²) < 4.78 is 10.4. The highest BCUT2D eigenvalue weighted by Crippen LogP contribution is 2.19. The van der Waals surface area contributed by atoms with Crippen molar-refractivity contribution in [2.24, 2.45) is 5.92 Å². The molecule has 1 amide bonds. The van der Waals surface area contributed by atoms with Crippen LogP contribution in [0.1, 0.15) is 41.0 Å². The Morgan fingerprint density at radius 3 is 2.24 bits per heavy atom. The van der Waals surface area contributed by atoms with Crippen molar-refractivity contribution >= 4 is 17.7 Å². The molecule has 0 aromatic heterocycles. The van der Waals surface area contributed by atoms with Gasteiger partial charge in [-0.1, -0.05) is 20.3 Å². The Labute approximate surface area is 146 Å². The number of nitro benzene ring substituents is 1. The van der Waals surface area contributed by atoms with Gasteiger partial charge >= 0.3 is 12.1 Å². The highest BCUT2D eigenvalue weighted by atomic mass is 16.6. The maximum Gasteiger partial charge on any atom is 0.408 e. The van der Waals surface area contributed by atoms with Crippen LogP contribution in [0.15, 0.2) is 24.3 Å². The zero-order valence-electron chi connectivity index (χ0n) is 15.1. The van der Waals surface area contributed by atoms with E-state index < -0.39 is 28.6 Å². The van der Waals surface area contributed by atoms with Gasteiger partial charge in [0.1, 0.15) is 17.4 Å². The van der Waals surface area contributed by atoms with Crippen LogP contribution < -0.4 is 10.1 Å². The van der Waals surface area contributed by atoms with Gasteiger partial charge in [-0.05, 0) is 38.8 Å². The second-order valence-electron chi connectivity index (χ2n) is 6.68. The monoisotopic (exact) mass is 352 g/mol. The molecule has 138 valence electrons. The number of hydrogen-bond donors (Lipinski definition) is 1. The van der Waals surface area contributed by atoms with Gasteiger partial charge in [0.05, 0.1) is 4.92 Å². The average molecular weight is 352 g/mol. The Balaban J connectivity index is 2.82. The summed E-state index contributed by atoms with van der Waals surface area (Å²) in [4.78, 5) is 34.5. The Morgan fingerprint density at radius 1 is 1.24 bits per heavy atom. The first-order valence-electron chi connectivity index (χ1n) is 7.99. The lowest BCUT2D eigenvalue weighted by Crippen LogP contribution is -2.48. The minimum absolute atomic E-state index is 0.106. The van der Waals surface area contributed by atoms with Crippen molar-refractivity contribution in [1.82, 2.24) is 5.32 Å². The number of nitrogens with zero attached hydrogens (tertiary/aromatic N) is 1. The minimum atomic E-state index is -0.893. The van der Waals surface area contributed by atoms with Gasteiger partial charge in [-0.3, -0.25) is 10.1 Å². The number of benzene rings is 1. The lowest BCUT2D eigenvalue weighted by molar-refractivity contribution is -0.384. The summed E-state index contributed by atoms with van der Waals surface area (Å²) in [6.45, 7) is 8.85. The normalized spacial score (nSPS) is 13.5. The molecule has 0 aliphatic heterocycles. The van der Waals surface area contributed by atoms with E-state index in [1.165, 1.54) is 24.3 Å². The zero-order valence-corrected chi connectivity index (χ0v) is 15.1. The maximum atomic E-state index is 12.4. The number of ether oxygens (including phenoxy) is 2. The SMILES string of the molecule is CC[C@H](C)[C@@H](NC(=O)OC(C)(C)C)C(=O)Oc1ccc([N+](=O)[O-])cc1. The Hall–Kier alpha value is -2.64. The number of esters is 1. The fourth-order valence-corrected chi connectivity index (χ4v) is 1.92. The third-order valence-electron chi connectivity index (χ3n) is 3.41. The second-order valence-corrected chi connectivity index (χ2v) is 6.68. The Bertz CT molecular complexity index is 621. The zero-order chi connectivity index (χ0) is 19.2. The molecule has 0 bridgehead atoms. The third-order valence-corrected chi connectivity index (χ3v) is 3.41. The quantitative estimate of drug-likeness (QED) is 0.364. The van der Waals surface area contributed by atoms with Crippen LogP contribution in [0.25, 0.3) is 0 Å². The minimum Gasteiger partial charge on any atom is -0.444 e. The van der Waals surface area contributed by atoms with Crippen molar-refractivity contribution in [3.8, 4) is 5.75 Å². The molecular formula is C17H24N2O6. The van der Waals surface area contributed by atoms with E-state index in [0.29, 0.717) is 6.42 Å². The standard InChI is InChI=1S/C17H24N2O6/c1-6-11(2)14(18-16(21)25-17(3,4)5)15(20)24-13-9-7-12(8-10-13)19(22)23/h7-11,14H,6H2,1-5H3,(H,18,21)/t11-,14+/m0/s1. The summed E-state index contributed by atoms with van der Waals surface area (Å²) in [5.41, 5.74) is -0.794. The van der Waals surface area contributed by atoms with Crippen molar-refractivity contribution in [3.63, 3.8) is 0 Å². The number of rotatable bonds is 6. The lowest BCUT2D eigenvalue weighted by atomic mass is 9.99. The predicted octanol–water partition coefficient (Wildman–Crippen LogP) is 3.44. The van der Waals surface area contributed by atoms with Crippen LogP contribution in [0.5, 0.6) is 5.75 Å². The average Bonchev–Trinajstić information content (AvgIpc) is 2.50. The molecule has 8 nitrogen and oxygen atoms in total. The van der Waals surface area contributed by atoms with E-state index in [0.717, 1.165) is 0 Å². The second kappa shape index (κ2) is 8.46. The molecule has 0 saturated carbocycles. The molecule has 0 aliphatic carbocycles. The molecule has 1 N–H and O–H groups in total. The van der Waals surface area contributed by atoms with E-state index >= 15 is 0 Å². The van der Waals surface area contributed by atoms with E-state index in [1.54, 1.807) is 27.7 Å². The van der Waals surface area contributed by atoms with Crippen LogP contribution >= 0.6 is 0 Å². The summed E-state index contributed by atoms with van der Waals surface area (Å²) in [6.07, 6.45) is -0.0750. The summed E-state index contributed by atoms with van der Waals surface area (Å²) in [7, 11) is 0. The molecule has 1 rings (SSSR count). The fraction of sp³-hybridized carbons (Fsp3) is 0.529. The third kappa shape index (κ3) is 6.78. The van der Waals surface area contributed by atoms with Gasteiger partial charge in [-0.15, -0.1) is 0 Å². The summed E-state index contributed by atoms with van der Waals surface area (Å²) in [5.74, 6) is -0.679. The number of non-ortho nitro benzene ring substituents is 1. The van der Waals surface area contributed by atoms with Crippen LogP contribution in [0.2, 0.25) is 0 Å². The van der Waals surface area contributed by atoms with E-state index in [-0.39, 0.29) is 17.4 Å². The van der Waals surface area contributed by atoms with Crippen LogP contribution in [-0.2, 0) is 9.53 Å². The van der Waals surface area contributed by atoms with Gasteiger partial charge in [-0.2, -0.15) is 0 Å². The number of hydrogen-bond acceptors (Lipinski definition) is 6. The summed E-state index contributed by atoms with van der Waals surface area (Å²) >= 11 is 0. The molecule has 0 aliphatic rings. The molecule has 0 radical (unpaired) electrons. The van der Waals surface area contributed by atoms with Crippen LogP contribution in [-0.4, -0.2) is 28.6 Å². The molecule has 0 spiro atoms. The van der Waals surface area contributed by atoms with Crippen molar-refractivity contribution < 1.29 is 24.0 Å². The van der Waals surface area contributed by atoms with E-state index in [9.17, 15) is 19.7 Å². The van der Waals surface area contributed by atoms with Crippen LogP contribution in [0.3, 0.4) is 0 Å². The van der Waals surface area contributed by atoms with E-state index in [1.807, 2.05) is 6.92 Å². The molecule has 0 fully saturated rings. The highest BCUT2D eigenvalue weighted by molar-refractivity contribution is 5.83. The van der Waals surface area contributed by atoms with E-state index in [2.05, 4.69) is 5.32 Å². The molecular weight excluding hydrogens is 328 g/mol. The van der Waals surface area contributed by atoms with Crippen molar-refractivity contribution in [3.05, 3.63) is 34.4 Å². The highest BCUT2D eigenvalue weighted by Gasteiger charge is 2.30. The number of amides is 1. The first-order valence-corrected chi connectivity index (χ1v) is 7.99. The lowest BCUT2D eigenvalue weighted by Gasteiger charge is -2.25. The first kappa shape index (κ1) is 20.4. The number of carbonyl (C=O) groups excluding carboxylic acids is 2. The number of nitro groups is 1. The van der Waals surface area contributed by atoms with Gasteiger partial charge in [0.25, 0.3) is 5.69 Å². The van der Waals surface area contributed by atoms with Crippen molar-refractivity contribution in [2.45, 2.75) is 52.7 Å². The van der Waals surface area contributed by atoms with Gasteiger partial charge in [0, 0.05) is 12.1 Å². The Morgan fingerprint density at radius 2 is 1.80 bits per heavy atom. The summed E-state index contributed by atoms with van der Waals surface area (Å²) in [5, 5.41) is 13.2. The molecule has 0 saturated heterocycles. The van der Waals surface area contributed by atoms with E-state index in [4.69, 9.17) is 9.47 Å². The molecule has 1 aromatic rings. The molecule has 0 heterocycles. The largest absolute Gasteiger partial charge is 0.444 e. The number of carbonyl (C=O) groups is 2. The molecule has 1 aromatic carbocycles. The molecule has 0 unspecified atom stereocenters. The van der Waals surface area contributed by atoms with Crippen LogP contribution in [0, 0.1) is 16.0 Å². The van der Waals surface area contributed by atoms with Gasteiger partial charge < -0.3 is 14.8 Å². The fourth-order valence-electron chi connectivity index (χ4n) is 1.92. The van der Waals surface area contributed by atoms with Gasteiger partial charge in [0.2, 0.25) is 0 Å². The maximum absolute atomic E-state index is 12.4. The first-order chi connectivity index (χ1) is 11.5. The number of nitrogens with one attached hydrogen (secondary N) is 1. The molecule has 25 heavy (non-hydrogen) atoms. The van der Waals surface area contributed by atoms with Crippen LogP contribution in [0.4, 0.5) is 10.5 Å². The Kier molecular flexibility index (Phi) is 6.90.